The van der Waals surface area contributed by atoms with Crippen molar-refractivity contribution in [2.24, 2.45) is 5.41 Å². The van der Waals surface area contributed by atoms with Crippen LogP contribution in [0.2, 0.25) is 0 Å². The van der Waals surface area contributed by atoms with Gasteiger partial charge in [-0.2, -0.15) is 0 Å². The number of carbonyl (C=O) groups is 1. The third-order valence-electron chi connectivity index (χ3n) is 3.12. The summed E-state index contributed by atoms with van der Waals surface area (Å²) in [5, 5.41) is 0. The molecule has 0 saturated heterocycles. The highest BCUT2D eigenvalue weighted by molar-refractivity contribution is 5.67. The minimum atomic E-state index is -0.433. The highest BCUT2D eigenvalue weighted by atomic mass is 16.6. The molecule has 3 rings (SSSR count). The van der Waals surface area contributed by atoms with E-state index in [2.05, 4.69) is 17.8 Å². The monoisotopic (exact) mass is 212 g/mol. The van der Waals surface area contributed by atoms with Crippen LogP contribution in [0, 0.1) is 5.41 Å². The molecule has 0 unspecified atom stereocenters. The maximum absolute atomic E-state index is 11.3. The van der Waals surface area contributed by atoms with Crippen molar-refractivity contribution in [3.8, 4) is 0 Å². The van der Waals surface area contributed by atoms with Crippen LogP contribution in [0.3, 0.4) is 0 Å². The number of hydrogen-bond donors (Lipinski definition) is 2. The Bertz CT molecular complexity index is 274. The van der Waals surface area contributed by atoms with Crippen LogP contribution in [0.25, 0.3) is 0 Å². The molecule has 0 heterocycles. The van der Waals surface area contributed by atoms with Gasteiger partial charge in [0.05, 0.1) is 0 Å². The van der Waals surface area contributed by atoms with Gasteiger partial charge in [-0.3, -0.25) is 5.43 Å². The lowest BCUT2D eigenvalue weighted by molar-refractivity contribution is -0.146. The van der Waals surface area contributed by atoms with Gasteiger partial charge >= 0.3 is 6.09 Å². The van der Waals surface area contributed by atoms with E-state index in [9.17, 15) is 4.79 Å². The van der Waals surface area contributed by atoms with Gasteiger partial charge in [0.15, 0.2) is 0 Å². The maximum atomic E-state index is 11.3. The average molecular weight is 212 g/mol. The highest BCUT2D eigenvalue weighted by Gasteiger charge is 2.65. The van der Waals surface area contributed by atoms with E-state index in [1.807, 2.05) is 20.8 Å². The fraction of sp³-hybridized carbons (Fsp3) is 0.909. The van der Waals surface area contributed by atoms with E-state index < -0.39 is 11.7 Å². The minimum absolute atomic E-state index is 0.172. The highest BCUT2D eigenvalue weighted by Crippen LogP contribution is 2.66. The Hall–Kier alpha value is -0.770. The van der Waals surface area contributed by atoms with Gasteiger partial charge in [0.25, 0.3) is 0 Å². The van der Waals surface area contributed by atoms with Crippen molar-refractivity contribution in [1.82, 2.24) is 10.9 Å². The van der Waals surface area contributed by atoms with Crippen molar-refractivity contribution < 1.29 is 9.53 Å². The van der Waals surface area contributed by atoms with E-state index in [0.29, 0.717) is 5.41 Å². The summed E-state index contributed by atoms with van der Waals surface area (Å²) in [6.45, 7) is 7.85. The molecular weight excluding hydrogens is 192 g/mol. The first-order valence-electron chi connectivity index (χ1n) is 5.48. The zero-order chi connectivity index (χ0) is 11.3. The topological polar surface area (TPSA) is 50.4 Å². The molecule has 0 spiro atoms. The minimum Gasteiger partial charge on any atom is -0.443 e. The van der Waals surface area contributed by atoms with E-state index >= 15 is 0 Å². The second-order valence-corrected chi connectivity index (χ2v) is 6.37. The summed E-state index contributed by atoms with van der Waals surface area (Å²) in [7, 11) is 0. The lowest BCUT2D eigenvalue weighted by atomic mass is 9.40. The smallest absolute Gasteiger partial charge is 0.422 e. The molecule has 0 aromatic rings. The van der Waals surface area contributed by atoms with E-state index in [0.717, 1.165) is 19.3 Å². The molecule has 2 bridgehead atoms. The van der Waals surface area contributed by atoms with Gasteiger partial charge in [0.1, 0.15) is 5.60 Å². The van der Waals surface area contributed by atoms with Gasteiger partial charge in [-0.05, 0) is 45.4 Å². The molecule has 4 heteroatoms. The summed E-state index contributed by atoms with van der Waals surface area (Å²) in [6, 6.07) is 0. The summed E-state index contributed by atoms with van der Waals surface area (Å²) >= 11 is 0. The predicted molar refractivity (Wildman–Crippen MR) is 57.2 cm³/mol. The number of rotatable bonds is 2. The SMILES string of the molecule is CC12CC(NNC(=O)OC(C)(C)C)(C1)C2. The number of hydrazine groups is 1. The van der Waals surface area contributed by atoms with E-state index in [-0.39, 0.29) is 5.54 Å². The van der Waals surface area contributed by atoms with Gasteiger partial charge in [-0.15, -0.1) is 0 Å². The third-order valence-corrected chi connectivity index (χ3v) is 3.12. The molecular formula is C11H20N2O2. The molecule has 0 aromatic heterocycles. The van der Waals surface area contributed by atoms with Gasteiger partial charge in [-0.25, -0.2) is 10.2 Å². The quantitative estimate of drug-likeness (QED) is 0.688. The standard InChI is InChI=1S/C11H20N2O2/c1-9(2,3)15-8(14)12-13-11-5-10(4,6-11)7-11/h13H,5-7H2,1-4H3,(H,12,14). The van der Waals surface area contributed by atoms with Gasteiger partial charge in [-0.1, -0.05) is 6.92 Å². The number of carbonyl (C=O) groups excluding carboxylic acids is 1. The van der Waals surface area contributed by atoms with E-state index in [4.69, 9.17) is 4.74 Å². The first-order valence-corrected chi connectivity index (χ1v) is 5.48. The summed E-state index contributed by atoms with van der Waals surface area (Å²) in [5.41, 5.74) is 5.99. The summed E-state index contributed by atoms with van der Waals surface area (Å²) in [6.07, 6.45) is 3.10. The Morgan fingerprint density at radius 3 is 2.20 bits per heavy atom. The Balaban J connectivity index is 1.69. The molecule has 15 heavy (non-hydrogen) atoms. The van der Waals surface area contributed by atoms with Gasteiger partial charge in [0.2, 0.25) is 0 Å². The Morgan fingerprint density at radius 2 is 1.80 bits per heavy atom. The molecule has 0 aromatic carbocycles. The van der Waals surface area contributed by atoms with E-state index in [1.165, 1.54) is 0 Å². The van der Waals surface area contributed by atoms with Crippen LogP contribution in [-0.4, -0.2) is 17.2 Å². The van der Waals surface area contributed by atoms with Crippen molar-refractivity contribution in [2.45, 2.75) is 58.1 Å². The first-order chi connectivity index (χ1) is 6.72. The molecule has 0 radical (unpaired) electrons. The lowest BCUT2D eigenvalue weighted by Crippen LogP contribution is -2.75. The second kappa shape index (κ2) is 2.88. The molecule has 2 N–H and O–H groups in total. The van der Waals surface area contributed by atoms with Crippen molar-refractivity contribution in [3.05, 3.63) is 0 Å². The molecule has 86 valence electrons. The average Bonchev–Trinajstić information content (AvgIpc) is 1.90. The number of hydrogen-bond acceptors (Lipinski definition) is 3. The van der Waals surface area contributed by atoms with Gasteiger partial charge < -0.3 is 4.74 Å². The van der Waals surface area contributed by atoms with Crippen molar-refractivity contribution in [1.29, 1.82) is 0 Å². The van der Waals surface area contributed by atoms with Crippen LogP contribution in [0.1, 0.15) is 47.0 Å². The Labute approximate surface area is 90.7 Å². The largest absolute Gasteiger partial charge is 0.443 e. The summed E-state index contributed by atoms with van der Waals surface area (Å²) < 4.78 is 5.13. The molecule has 1 amide bonds. The number of ether oxygens (including phenoxy) is 1. The van der Waals surface area contributed by atoms with Crippen molar-refractivity contribution >= 4 is 6.09 Å². The first kappa shape index (κ1) is 10.7. The maximum Gasteiger partial charge on any atom is 0.422 e. The van der Waals surface area contributed by atoms with Crippen LogP contribution in [0.15, 0.2) is 0 Å². The summed E-state index contributed by atoms with van der Waals surface area (Å²) in [5.74, 6) is 0. The van der Waals surface area contributed by atoms with Crippen LogP contribution in [0.5, 0.6) is 0 Å². The fourth-order valence-corrected chi connectivity index (χ4v) is 2.92. The lowest BCUT2D eigenvalue weighted by Gasteiger charge is -2.69. The number of nitrogens with one attached hydrogen (secondary N) is 2. The van der Waals surface area contributed by atoms with Crippen LogP contribution in [0.4, 0.5) is 4.79 Å². The Kier molecular flexibility index (Phi) is 2.06. The van der Waals surface area contributed by atoms with Crippen molar-refractivity contribution in [2.75, 3.05) is 0 Å². The van der Waals surface area contributed by atoms with Crippen LogP contribution >= 0.6 is 0 Å². The second-order valence-electron chi connectivity index (χ2n) is 6.37. The molecule has 0 atom stereocenters. The van der Waals surface area contributed by atoms with Crippen molar-refractivity contribution in [3.63, 3.8) is 0 Å². The van der Waals surface area contributed by atoms with Crippen LogP contribution < -0.4 is 10.9 Å². The Morgan fingerprint density at radius 1 is 1.27 bits per heavy atom. The fourth-order valence-electron chi connectivity index (χ4n) is 2.92. The molecule has 4 nitrogen and oxygen atoms in total. The third kappa shape index (κ3) is 2.09. The van der Waals surface area contributed by atoms with Crippen LogP contribution in [-0.2, 0) is 4.74 Å². The number of amides is 1. The normalized spacial score (nSPS) is 37.6. The zero-order valence-corrected chi connectivity index (χ0v) is 9.94. The zero-order valence-electron chi connectivity index (χ0n) is 9.94. The van der Waals surface area contributed by atoms with E-state index in [1.54, 1.807) is 0 Å². The molecule has 3 aliphatic rings. The predicted octanol–water partition coefficient (Wildman–Crippen LogP) is 1.96. The molecule has 3 fully saturated rings. The molecule has 0 aliphatic heterocycles. The molecule has 3 aliphatic carbocycles. The molecule has 3 saturated carbocycles. The van der Waals surface area contributed by atoms with Gasteiger partial charge in [0, 0.05) is 5.54 Å². The summed E-state index contributed by atoms with van der Waals surface area (Å²) in [4.78, 5) is 11.3.